The lowest BCUT2D eigenvalue weighted by molar-refractivity contribution is -0.138. The van der Waals surface area contributed by atoms with Crippen molar-refractivity contribution >= 4 is 17.3 Å². The normalized spacial score (nSPS) is 12.5. The molecule has 0 aliphatic carbocycles. The van der Waals surface area contributed by atoms with Crippen LogP contribution in [0.15, 0.2) is 28.6 Å². The van der Waals surface area contributed by atoms with Gasteiger partial charge in [0.1, 0.15) is 5.82 Å². The number of nitrogens with zero attached hydrogens (tertiary/aromatic N) is 2. The third kappa shape index (κ3) is 6.20. The fraction of sp³-hybridized carbons (Fsp3) is 0.444. The molecule has 0 radical (unpaired) electrons. The predicted molar refractivity (Wildman–Crippen MR) is 99.5 cm³/mol. The molecular formula is C18H22F4N4S. The number of thiazole rings is 1. The lowest BCUT2D eigenvalue weighted by Gasteiger charge is -2.15. The highest BCUT2D eigenvalue weighted by Crippen LogP contribution is 2.32. The molecule has 0 fully saturated rings. The maximum atomic E-state index is 13.2. The summed E-state index contributed by atoms with van der Waals surface area (Å²) in [7, 11) is 1.53. The van der Waals surface area contributed by atoms with E-state index in [1.54, 1.807) is 11.3 Å². The van der Waals surface area contributed by atoms with E-state index in [4.69, 9.17) is 0 Å². The van der Waals surface area contributed by atoms with Crippen molar-refractivity contribution in [1.82, 2.24) is 15.6 Å². The van der Waals surface area contributed by atoms with Gasteiger partial charge in [-0.3, -0.25) is 4.99 Å². The summed E-state index contributed by atoms with van der Waals surface area (Å²) in [5, 5.41) is 8.94. The first kappa shape index (κ1) is 21.1. The molecule has 0 spiro atoms. The number of alkyl halides is 3. The van der Waals surface area contributed by atoms with Crippen LogP contribution in [0.2, 0.25) is 0 Å². The number of rotatable bonds is 6. The summed E-state index contributed by atoms with van der Waals surface area (Å²) in [6.07, 6.45) is -3.94. The van der Waals surface area contributed by atoms with E-state index in [0.29, 0.717) is 30.9 Å². The van der Waals surface area contributed by atoms with Crippen molar-refractivity contribution in [2.24, 2.45) is 4.99 Å². The Hall–Kier alpha value is -2.16. The Morgan fingerprint density at radius 1 is 1.26 bits per heavy atom. The molecule has 0 saturated heterocycles. The fourth-order valence-electron chi connectivity index (χ4n) is 2.38. The monoisotopic (exact) mass is 402 g/mol. The maximum Gasteiger partial charge on any atom is 0.416 e. The molecule has 27 heavy (non-hydrogen) atoms. The van der Waals surface area contributed by atoms with Crippen molar-refractivity contribution < 1.29 is 17.6 Å². The Balaban J connectivity index is 1.90. The van der Waals surface area contributed by atoms with Crippen LogP contribution in [0.25, 0.3) is 0 Å². The minimum Gasteiger partial charge on any atom is -0.356 e. The molecule has 0 saturated carbocycles. The van der Waals surface area contributed by atoms with Crippen molar-refractivity contribution in [3.8, 4) is 0 Å². The minimum atomic E-state index is -4.62. The first-order valence-electron chi connectivity index (χ1n) is 8.45. The summed E-state index contributed by atoms with van der Waals surface area (Å²) in [6, 6.07) is 2.64. The second kappa shape index (κ2) is 9.16. The van der Waals surface area contributed by atoms with Crippen molar-refractivity contribution in [2.45, 2.75) is 38.9 Å². The van der Waals surface area contributed by atoms with Crippen molar-refractivity contribution in [2.75, 3.05) is 13.6 Å². The summed E-state index contributed by atoms with van der Waals surface area (Å²) >= 11 is 1.61. The Labute approximate surface area is 159 Å². The molecule has 4 nitrogen and oxygen atoms in total. The molecule has 0 aliphatic heterocycles. The number of hydrogen-bond acceptors (Lipinski definition) is 3. The van der Waals surface area contributed by atoms with Crippen LogP contribution in [-0.4, -0.2) is 24.5 Å². The first-order valence-corrected chi connectivity index (χ1v) is 9.33. The Morgan fingerprint density at radius 2 is 2.00 bits per heavy atom. The van der Waals surface area contributed by atoms with Crippen LogP contribution in [0.5, 0.6) is 0 Å². The van der Waals surface area contributed by atoms with E-state index < -0.39 is 17.6 Å². The van der Waals surface area contributed by atoms with Crippen LogP contribution < -0.4 is 10.6 Å². The van der Waals surface area contributed by atoms with Gasteiger partial charge in [0.25, 0.3) is 0 Å². The van der Waals surface area contributed by atoms with E-state index in [0.717, 1.165) is 22.8 Å². The molecule has 148 valence electrons. The fourth-order valence-corrected chi connectivity index (χ4v) is 3.25. The van der Waals surface area contributed by atoms with Crippen LogP contribution in [0, 0.1) is 5.82 Å². The van der Waals surface area contributed by atoms with Crippen LogP contribution in [0.1, 0.15) is 41.6 Å². The number of aliphatic imine (C=N–C) groups is 1. The summed E-state index contributed by atoms with van der Waals surface area (Å²) in [6.45, 7) is 4.58. The summed E-state index contributed by atoms with van der Waals surface area (Å²) in [5.74, 6) is -0.172. The number of benzene rings is 1. The third-order valence-corrected chi connectivity index (χ3v) is 4.98. The molecule has 2 aromatic rings. The quantitative estimate of drug-likeness (QED) is 0.430. The predicted octanol–water partition coefficient (Wildman–Crippen LogP) is 4.33. The molecule has 2 N–H and O–H groups in total. The molecule has 0 atom stereocenters. The summed E-state index contributed by atoms with van der Waals surface area (Å²) < 4.78 is 52.3. The Bertz CT molecular complexity index is 784. The molecular weight excluding hydrogens is 380 g/mol. The number of aromatic nitrogens is 1. The SMILES string of the molecule is CN=C(NCCc1csc(C(C)C)n1)NCc1ccc(F)cc1C(F)(F)F. The zero-order valence-electron chi connectivity index (χ0n) is 15.3. The van der Waals surface area contributed by atoms with E-state index in [1.807, 2.05) is 5.38 Å². The number of nitrogens with one attached hydrogen (secondary N) is 2. The lowest BCUT2D eigenvalue weighted by atomic mass is 10.1. The van der Waals surface area contributed by atoms with Gasteiger partial charge < -0.3 is 10.6 Å². The van der Waals surface area contributed by atoms with Crippen molar-refractivity contribution in [3.63, 3.8) is 0 Å². The van der Waals surface area contributed by atoms with Crippen LogP contribution >= 0.6 is 11.3 Å². The summed E-state index contributed by atoms with van der Waals surface area (Å²) in [5.41, 5.74) is -0.0772. The molecule has 9 heteroatoms. The average molecular weight is 402 g/mol. The third-order valence-electron chi connectivity index (χ3n) is 3.78. The smallest absolute Gasteiger partial charge is 0.356 e. The van der Waals surface area contributed by atoms with Gasteiger partial charge in [-0.05, 0) is 17.7 Å². The van der Waals surface area contributed by atoms with Gasteiger partial charge in [-0.25, -0.2) is 9.37 Å². The number of guanidine groups is 1. The standard InChI is InChI=1S/C18H22F4N4S/c1-11(2)16-26-14(10-27-16)6-7-24-17(23-3)25-9-12-4-5-13(19)8-15(12)18(20,21)22/h4-5,8,10-11H,6-7,9H2,1-3H3,(H2,23,24,25). The highest BCUT2D eigenvalue weighted by Gasteiger charge is 2.33. The zero-order chi connectivity index (χ0) is 20.0. The van der Waals surface area contributed by atoms with Crippen LogP contribution in [0.4, 0.5) is 17.6 Å². The van der Waals surface area contributed by atoms with Crippen molar-refractivity contribution in [1.29, 1.82) is 0 Å². The average Bonchev–Trinajstić information content (AvgIpc) is 3.07. The van der Waals surface area contributed by atoms with E-state index in [1.165, 1.54) is 7.05 Å². The molecule has 2 rings (SSSR count). The number of halogens is 4. The highest BCUT2D eigenvalue weighted by atomic mass is 32.1. The first-order chi connectivity index (χ1) is 12.7. The summed E-state index contributed by atoms with van der Waals surface area (Å²) in [4.78, 5) is 8.53. The minimum absolute atomic E-state index is 0.0482. The van der Waals surface area contributed by atoms with Crippen molar-refractivity contribution in [3.05, 3.63) is 51.2 Å². The van der Waals surface area contributed by atoms with E-state index in [9.17, 15) is 17.6 Å². The number of hydrogen-bond donors (Lipinski definition) is 2. The lowest BCUT2D eigenvalue weighted by Crippen LogP contribution is -2.38. The van der Waals surface area contributed by atoms with Gasteiger partial charge in [-0.1, -0.05) is 19.9 Å². The molecule has 1 aromatic heterocycles. The second-order valence-corrected chi connectivity index (χ2v) is 7.12. The van der Waals surface area contributed by atoms with Crippen LogP contribution in [0.3, 0.4) is 0 Å². The Kier molecular flexibility index (Phi) is 7.18. The molecule has 1 heterocycles. The van der Waals surface area contributed by atoms with Gasteiger partial charge in [0, 0.05) is 37.9 Å². The van der Waals surface area contributed by atoms with E-state index in [2.05, 4.69) is 34.5 Å². The van der Waals surface area contributed by atoms with Crippen LogP contribution in [-0.2, 0) is 19.1 Å². The van der Waals surface area contributed by atoms with Gasteiger partial charge in [0.15, 0.2) is 5.96 Å². The van der Waals surface area contributed by atoms with Gasteiger partial charge in [-0.2, -0.15) is 13.2 Å². The highest BCUT2D eigenvalue weighted by molar-refractivity contribution is 7.09. The maximum absolute atomic E-state index is 13.2. The molecule has 0 unspecified atom stereocenters. The van der Waals surface area contributed by atoms with E-state index >= 15 is 0 Å². The van der Waals surface area contributed by atoms with Gasteiger partial charge >= 0.3 is 6.18 Å². The van der Waals surface area contributed by atoms with E-state index in [-0.39, 0.29) is 12.1 Å². The molecule has 0 amide bonds. The molecule has 1 aromatic carbocycles. The van der Waals surface area contributed by atoms with Gasteiger partial charge in [-0.15, -0.1) is 11.3 Å². The topological polar surface area (TPSA) is 49.3 Å². The Morgan fingerprint density at radius 3 is 2.59 bits per heavy atom. The second-order valence-electron chi connectivity index (χ2n) is 6.23. The molecule has 0 aliphatic rings. The largest absolute Gasteiger partial charge is 0.416 e. The van der Waals surface area contributed by atoms with Gasteiger partial charge in [0.2, 0.25) is 0 Å². The van der Waals surface area contributed by atoms with Gasteiger partial charge in [0.05, 0.1) is 16.3 Å². The molecule has 0 bridgehead atoms. The zero-order valence-corrected chi connectivity index (χ0v) is 16.1.